The lowest BCUT2D eigenvalue weighted by Crippen LogP contribution is -2.42. The summed E-state index contributed by atoms with van der Waals surface area (Å²) in [6.07, 6.45) is 1.13. The van der Waals surface area contributed by atoms with Crippen LogP contribution in [0.15, 0.2) is 60.7 Å². The van der Waals surface area contributed by atoms with Crippen LogP contribution in [-0.2, 0) is 16.0 Å². The van der Waals surface area contributed by atoms with Gasteiger partial charge in [0, 0.05) is 23.4 Å². The van der Waals surface area contributed by atoms with E-state index in [4.69, 9.17) is 0 Å². The van der Waals surface area contributed by atoms with Crippen molar-refractivity contribution in [2.24, 2.45) is 5.92 Å². The van der Waals surface area contributed by atoms with Crippen LogP contribution in [0.2, 0.25) is 0 Å². The first-order valence-electron chi connectivity index (χ1n) is 9.44. The predicted molar refractivity (Wildman–Crippen MR) is 109 cm³/mol. The van der Waals surface area contributed by atoms with E-state index >= 15 is 0 Å². The van der Waals surface area contributed by atoms with Gasteiger partial charge in [0.15, 0.2) is 0 Å². The monoisotopic (exact) mass is 388 g/mol. The summed E-state index contributed by atoms with van der Waals surface area (Å²) < 4.78 is 0. The van der Waals surface area contributed by atoms with Gasteiger partial charge in [0.05, 0.1) is 5.52 Å². The minimum absolute atomic E-state index is 0.0825. The molecular formula is C22H20N4O3. The molecule has 2 aromatic carbocycles. The number of hydrogen-bond donors (Lipinski definition) is 3. The number of hydrazine groups is 1. The molecule has 0 bridgehead atoms. The number of amides is 3. The number of aromatic nitrogens is 1. The van der Waals surface area contributed by atoms with Crippen LogP contribution in [0.1, 0.15) is 28.9 Å². The van der Waals surface area contributed by atoms with Gasteiger partial charge in [-0.15, -0.1) is 0 Å². The molecule has 29 heavy (non-hydrogen) atoms. The molecule has 0 saturated heterocycles. The van der Waals surface area contributed by atoms with Gasteiger partial charge in [0.2, 0.25) is 11.8 Å². The van der Waals surface area contributed by atoms with Crippen LogP contribution in [0.3, 0.4) is 0 Å². The van der Waals surface area contributed by atoms with E-state index in [0.717, 1.165) is 16.6 Å². The SMILES string of the molecule is O=C(CCC1Cc2ccccc2NC1=O)NNC(=O)c1ccc2ccccc2n1. The van der Waals surface area contributed by atoms with Crippen LogP contribution in [0, 0.1) is 5.92 Å². The topological polar surface area (TPSA) is 100 Å². The van der Waals surface area contributed by atoms with Crippen molar-refractivity contribution in [2.45, 2.75) is 19.3 Å². The molecule has 3 amide bonds. The van der Waals surface area contributed by atoms with Gasteiger partial charge < -0.3 is 5.32 Å². The number of nitrogens with one attached hydrogen (secondary N) is 3. The summed E-state index contributed by atoms with van der Waals surface area (Å²) in [7, 11) is 0. The van der Waals surface area contributed by atoms with E-state index in [0.29, 0.717) is 18.4 Å². The second-order valence-electron chi connectivity index (χ2n) is 6.98. The molecule has 3 aromatic rings. The first-order chi connectivity index (χ1) is 14.1. The second kappa shape index (κ2) is 8.10. The minimum Gasteiger partial charge on any atom is -0.326 e. The summed E-state index contributed by atoms with van der Waals surface area (Å²) in [5.41, 5.74) is 7.58. The quantitative estimate of drug-likeness (QED) is 0.598. The van der Waals surface area contributed by atoms with E-state index in [1.165, 1.54) is 0 Å². The number of carbonyl (C=O) groups excluding carboxylic acids is 3. The fraction of sp³-hybridized carbons (Fsp3) is 0.182. The Morgan fingerprint density at radius 3 is 2.69 bits per heavy atom. The van der Waals surface area contributed by atoms with Crippen LogP contribution in [0.5, 0.6) is 0 Å². The predicted octanol–water partition coefficient (Wildman–Crippen LogP) is 2.59. The molecule has 7 heteroatoms. The zero-order valence-corrected chi connectivity index (χ0v) is 15.6. The molecule has 3 N–H and O–H groups in total. The fourth-order valence-electron chi connectivity index (χ4n) is 3.40. The molecule has 1 aromatic heterocycles. The molecule has 146 valence electrons. The Labute approximate surface area is 167 Å². The van der Waals surface area contributed by atoms with Crippen molar-refractivity contribution >= 4 is 34.3 Å². The van der Waals surface area contributed by atoms with Crippen LogP contribution in [0.4, 0.5) is 5.69 Å². The van der Waals surface area contributed by atoms with Crippen LogP contribution >= 0.6 is 0 Å². The first-order valence-corrected chi connectivity index (χ1v) is 9.44. The zero-order chi connectivity index (χ0) is 20.2. The first kappa shape index (κ1) is 18.6. The highest BCUT2D eigenvalue weighted by atomic mass is 16.2. The minimum atomic E-state index is -0.492. The maximum atomic E-state index is 12.2. The molecule has 0 spiro atoms. The number of carbonyl (C=O) groups is 3. The van der Waals surface area contributed by atoms with Crippen LogP contribution in [-0.4, -0.2) is 22.7 Å². The smallest absolute Gasteiger partial charge is 0.288 e. The Morgan fingerprint density at radius 2 is 1.79 bits per heavy atom. The number of nitrogens with zero attached hydrogens (tertiary/aromatic N) is 1. The molecule has 0 saturated carbocycles. The van der Waals surface area contributed by atoms with Crippen molar-refractivity contribution in [3.8, 4) is 0 Å². The van der Waals surface area contributed by atoms with Crippen LogP contribution in [0.25, 0.3) is 10.9 Å². The Hall–Kier alpha value is -3.74. The molecule has 1 unspecified atom stereocenters. The Morgan fingerprint density at radius 1 is 1.00 bits per heavy atom. The number of hydrogen-bond acceptors (Lipinski definition) is 4. The van der Waals surface area contributed by atoms with Gasteiger partial charge in [-0.1, -0.05) is 42.5 Å². The maximum absolute atomic E-state index is 12.2. The van der Waals surface area contributed by atoms with Crippen molar-refractivity contribution < 1.29 is 14.4 Å². The number of para-hydroxylation sites is 2. The summed E-state index contributed by atoms with van der Waals surface area (Å²) in [4.78, 5) is 40.8. The van der Waals surface area contributed by atoms with Crippen molar-refractivity contribution in [2.75, 3.05) is 5.32 Å². The standard InChI is InChI=1S/C22H20N4O3/c27-20(12-10-16-13-15-6-2-4-8-18(15)24-21(16)28)25-26-22(29)19-11-9-14-5-1-3-7-17(14)23-19/h1-9,11,16H,10,12-13H2,(H,24,28)(H,25,27)(H,26,29). The average molecular weight is 388 g/mol. The fourth-order valence-corrected chi connectivity index (χ4v) is 3.40. The van der Waals surface area contributed by atoms with Gasteiger partial charge in [-0.05, 0) is 36.6 Å². The third kappa shape index (κ3) is 4.24. The van der Waals surface area contributed by atoms with Gasteiger partial charge in [-0.2, -0.15) is 0 Å². The van der Waals surface area contributed by atoms with Crippen molar-refractivity contribution in [1.82, 2.24) is 15.8 Å². The van der Waals surface area contributed by atoms with Crippen LogP contribution < -0.4 is 16.2 Å². The number of pyridine rings is 1. The largest absolute Gasteiger partial charge is 0.326 e. The van der Waals surface area contributed by atoms with Gasteiger partial charge in [0.25, 0.3) is 5.91 Å². The highest BCUT2D eigenvalue weighted by Gasteiger charge is 2.26. The molecule has 0 aliphatic carbocycles. The number of fused-ring (bicyclic) bond motifs is 2. The van der Waals surface area contributed by atoms with E-state index in [-0.39, 0.29) is 29.8 Å². The molecule has 0 radical (unpaired) electrons. The lowest BCUT2D eigenvalue weighted by atomic mass is 9.89. The average Bonchev–Trinajstić information content (AvgIpc) is 2.75. The normalized spacial score (nSPS) is 15.3. The third-order valence-electron chi connectivity index (χ3n) is 4.98. The molecule has 4 rings (SSSR count). The highest BCUT2D eigenvalue weighted by molar-refractivity contribution is 5.97. The summed E-state index contributed by atoms with van der Waals surface area (Å²) in [5, 5.41) is 3.80. The van der Waals surface area contributed by atoms with Gasteiger partial charge in [-0.3, -0.25) is 25.2 Å². The van der Waals surface area contributed by atoms with E-state index in [2.05, 4.69) is 21.2 Å². The maximum Gasteiger partial charge on any atom is 0.288 e. The third-order valence-corrected chi connectivity index (χ3v) is 4.98. The van der Waals surface area contributed by atoms with E-state index in [1.807, 2.05) is 48.5 Å². The molecule has 7 nitrogen and oxygen atoms in total. The lowest BCUT2D eigenvalue weighted by Gasteiger charge is -2.24. The molecular weight excluding hydrogens is 368 g/mol. The van der Waals surface area contributed by atoms with E-state index in [1.54, 1.807) is 12.1 Å². The lowest BCUT2D eigenvalue weighted by molar-refractivity contribution is -0.123. The Balaban J connectivity index is 1.28. The van der Waals surface area contributed by atoms with Crippen molar-refractivity contribution in [1.29, 1.82) is 0 Å². The summed E-state index contributed by atoms with van der Waals surface area (Å²) >= 11 is 0. The number of rotatable bonds is 4. The molecule has 2 heterocycles. The zero-order valence-electron chi connectivity index (χ0n) is 15.6. The van der Waals surface area contributed by atoms with Gasteiger partial charge in [0.1, 0.15) is 5.69 Å². The Kier molecular flexibility index (Phi) is 5.20. The number of benzene rings is 2. The molecule has 1 aliphatic heterocycles. The molecule has 1 atom stereocenters. The summed E-state index contributed by atoms with van der Waals surface area (Å²) in [5.74, 6) is -1.20. The highest BCUT2D eigenvalue weighted by Crippen LogP contribution is 2.27. The molecule has 1 aliphatic rings. The van der Waals surface area contributed by atoms with Crippen molar-refractivity contribution in [3.05, 3.63) is 71.9 Å². The van der Waals surface area contributed by atoms with E-state index < -0.39 is 5.91 Å². The molecule has 0 fully saturated rings. The van der Waals surface area contributed by atoms with Gasteiger partial charge >= 0.3 is 0 Å². The second-order valence-corrected chi connectivity index (χ2v) is 6.98. The Bertz CT molecular complexity index is 1100. The summed E-state index contributed by atoms with van der Waals surface area (Å²) in [6.45, 7) is 0. The van der Waals surface area contributed by atoms with Gasteiger partial charge in [-0.25, -0.2) is 4.98 Å². The van der Waals surface area contributed by atoms with Crippen molar-refractivity contribution in [3.63, 3.8) is 0 Å². The summed E-state index contributed by atoms with van der Waals surface area (Å²) in [6, 6.07) is 18.5. The van der Waals surface area contributed by atoms with E-state index in [9.17, 15) is 14.4 Å². The number of anilines is 1.